The molecule has 0 radical (unpaired) electrons. The minimum absolute atomic E-state index is 0.636. The summed E-state index contributed by atoms with van der Waals surface area (Å²) in [6, 6.07) is 47.1. The zero-order valence-electron chi connectivity index (χ0n) is 22.5. The standard InChI is InChI=1S/C39H26N2/c40-41-39(37-31(25-11-3-1-4-12-25)19-21-33-29-17-9-7-15-27(29)23-35(33)37)38-32(26-13-5-2-6-14-26)20-22-34-30-18-10-8-16-28(30)24-36(34)38/h1-22H,23-24H2. The van der Waals surface area contributed by atoms with Gasteiger partial charge in [-0.3, -0.25) is 0 Å². The van der Waals surface area contributed by atoms with Crippen LogP contribution in [0.1, 0.15) is 33.4 Å². The number of nitrogens with zero attached hydrogens (tertiary/aromatic N) is 2. The van der Waals surface area contributed by atoms with Gasteiger partial charge in [-0.2, -0.15) is 4.79 Å². The van der Waals surface area contributed by atoms with Crippen molar-refractivity contribution in [1.82, 2.24) is 0 Å². The molecule has 192 valence electrons. The largest absolute Gasteiger partial charge is 0.361 e. The van der Waals surface area contributed by atoms with Gasteiger partial charge in [0.25, 0.3) is 0 Å². The molecule has 2 aliphatic carbocycles. The molecule has 0 fully saturated rings. The molecule has 6 aromatic carbocycles. The first kappa shape index (κ1) is 23.6. The van der Waals surface area contributed by atoms with Gasteiger partial charge in [0, 0.05) is 0 Å². The zero-order valence-corrected chi connectivity index (χ0v) is 22.5. The SMILES string of the molecule is [N-]=[N+]=C(c1c(-c2ccccc2)ccc2c1Cc1ccccc1-2)c1c(-c2ccccc2)ccc2c1Cc1ccccc1-2. The van der Waals surface area contributed by atoms with Crippen molar-refractivity contribution in [2.45, 2.75) is 12.8 Å². The molecule has 6 aromatic rings. The molecule has 0 amide bonds. The van der Waals surface area contributed by atoms with Gasteiger partial charge in [0.05, 0.1) is 11.1 Å². The van der Waals surface area contributed by atoms with Crippen LogP contribution in [-0.4, -0.2) is 10.5 Å². The van der Waals surface area contributed by atoms with Crippen LogP contribution < -0.4 is 0 Å². The second-order valence-electron chi connectivity index (χ2n) is 10.9. The summed E-state index contributed by atoms with van der Waals surface area (Å²) in [6.07, 6.45) is 1.60. The van der Waals surface area contributed by atoms with Gasteiger partial charge in [-0.05, 0) is 79.6 Å². The van der Waals surface area contributed by atoms with E-state index in [0.717, 1.165) is 46.2 Å². The Morgan fingerprint density at radius 1 is 0.415 bits per heavy atom. The Balaban J connectivity index is 1.46. The fourth-order valence-corrected chi connectivity index (χ4v) is 6.91. The van der Waals surface area contributed by atoms with Crippen molar-refractivity contribution in [3.05, 3.63) is 172 Å². The van der Waals surface area contributed by atoms with Crippen LogP contribution in [0.3, 0.4) is 0 Å². The van der Waals surface area contributed by atoms with Crippen molar-refractivity contribution in [2.75, 3.05) is 0 Å². The van der Waals surface area contributed by atoms with Gasteiger partial charge >= 0.3 is 5.71 Å². The van der Waals surface area contributed by atoms with E-state index in [9.17, 15) is 5.53 Å². The molecule has 0 saturated heterocycles. The lowest BCUT2D eigenvalue weighted by molar-refractivity contribution is -0.00279. The molecule has 0 heterocycles. The first-order valence-electron chi connectivity index (χ1n) is 14.1. The van der Waals surface area contributed by atoms with Crippen LogP contribution >= 0.6 is 0 Å². The summed E-state index contributed by atoms with van der Waals surface area (Å²) in [6.45, 7) is 0. The molecule has 0 saturated carbocycles. The lowest BCUT2D eigenvalue weighted by Crippen LogP contribution is -2.14. The van der Waals surface area contributed by atoms with E-state index in [0.29, 0.717) is 5.71 Å². The van der Waals surface area contributed by atoms with E-state index in [2.05, 4.69) is 126 Å². The highest BCUT2D eigenvalue weighted by Crippen LogP contribution is 2.46. The molecule has 0 unspecified atom stereocenters. The Hall–Kier alpha value is -5.30. The summed E-state index contributed by atoms with van der Waals surface area (Å²) in [4.78, 5) is 4.20. The summed E-state index contributed by atoms with van der Waals surface area (Å²) in [5, 5.41) is 0. The summed E-state index contributed by atoms with van der Waals surface area (Å²) in [7, 11) is 0. The van der Waals surface area contributed by atoms with Crippen molar-refractivity contribution >= 4 is 5.71 Å². The first-order chi connectivity index (χ1) is 20.3. The minimum Gasteiger partial charge on any atom is -0.361 e. The smallest absolute Gasteiger partial charge is 0.331 e. The molecule has 0 N–H and O–H groups in total. The number of hydrogen-bond donors (Lipinski definition) is 0. The molecule has 41 heavy (non-hydrogen) atoms. The van der Waals surface area contributed by atoms with Crippen molar-refractivity contribution in [1.29, 1.82) is 0 Å². The van der Waals surface area contributed by atoms with Crippen LogP contribution in [0.4, 0.5) is 0 Å². The van der Waals surface area contributed by atoms with E-state index < -0.39 is 0 Å². The molecular weight excluding hydrogens is 496 g/mol. The quantitative estimate of drug-likeness (QED) is 0.125. The highest BCUT2D eigenvalue weighted by molar-refractivity contribution is 6.20. The van der Waals surface area contributed by atoms with Gasteiger partial charge in [0.1, 0.15) is 0 Å². The number of hydrogen-bond acceptors (Lipinski definition) is 0. The number of benzene rings is 6. The predicted molar refractivity (Wildman–Crippen MR) is 167 cm³/mol. The lowest BCUT2D eigenvalue weighted by atomic mass is 9.82. The van der Waals surface area contributed by atoms with Crippen molar-refractivity contribution in [2.24, 2.45) is 0 Å². The molecule has 0 spiro atoms. The third kappa shape index (κ3) is 3.66. The second-order valence-corrected chi connectivity index (χ2v) is 10.9. The maximum absolute atomic E-state index is 11.1. The summed E-state index contributed by atoms with van der Waals surface area (Å²) in [5.74, 6) is 0. The Labute approximate surface area is 239 Å². The minimum atomic E-state index is 0.636. The van der Waals surface area contributed by atoms with Gasteiger partial charge in [-0.25, -0.2) is 0 Å². The molecule has 2 nitrogen and oxygen atoms in total. The maximum Gasteiger partial charge on any atom is 0.331 e. The van der Waals surface area contributed by atoms with Gasteiger partial charge in [0.2, 0.25) is 0 Å². The lowest BCUT2D eigenvalue weighted by Gasteiger charge is -2.17. The van der Waals surface area contributed by atoms with Gasteiger partial charge in [-0.15, -0.1) is 0 Å². The highest BCUT2D eigenvalue weighted by atomic mass is 14.9. The Kier molecular flexibility index (Phi) is 5.41. The van der Waals surface area contributed by atoms with Crippen LogP contribution in [-0.2, 0) is 12.8 Å². The Bertz CT molecular complexity index is 1890. The van der Waals surface area contributed by atoms with Crippen LogP contribution in [0.15, 0.2) is 133 Å². The normalized spacial score (nSPS) is 12.2. The van der Waals surface area contributed by atoms with Gasteiger partial charge in [-0.1, -0.05) is 133 Å². The molecule has 0 aromatic heterocycles. The average Bonchev–Trinajstić information content (AvgIpc) is 3.61. The van der Waals surface area contributed by atoms with E-state index in [1.807, 2.05) is 12.1 Å². The molecule has 0 aliphatic heterocycles. The van der Waals surface area contributed by atoms with E-state index in [4.69, 9.17) is 0 Å². The van der Waals surface area contributed by atoms with Crippen LogP contribution in [0.25, 0.3) is 50.0 Å². The zero-order chi connectivity index (χ0) is 27.3. The fraction of sp³-hybridized carbons (Fsp3) is 0.0513. The molecular formula is C39H26N2. The van der Waals surface area contributed by atoms with Crippen LogP contribution in [0, 0.1) is 0 Å². The molecule has 0 bridgehead atoms. The van der Waals surface area contributed by atoms with Crippen molar-refractivity contribution < 1.29 is 4.79 Å². The van der Waals surface area contributed by atoms with E-state index in [-0.39, 0.29) is 0 Å². The fourth-order valence-electron chi connectivity index (χ4n) is 6.91. The summed E-state index contributed by atoms with van der Waals surface area (Å²) >= 11 is 0. The third-order valence-electron chi connectivity index (χ3n) is 8.72. The molecule has 0 atom stereocenters. The monoisotopic (exact) mass is 522 g/mol. The second kappa shape index (κ2) is 9.41. The highest BCUT2D eigenvalue weighted by Gasteiger charge is 2.35. The van der Waals surface area contributed by atoms with Crippen LogP contribution in [0.5, 0.6) is 0 Å². The van der Waals surface area contributed by atoms with E-state index in [1.165, 1.54) is 44.5 Å². The Morgan fingerprint density at radius 3 is 1.24 bits per heavy atom. The van der Waals surface area contributed by atoms with Gasteiger partial charge in [0.15, 0.2) is 0 Å². The topological polar surface area (TPSA) is 36.4 Å². The maximum atomic E-state index is 11.1. The third-order valence-corrected chi connectivity index (χ3v) is 8.72. The summed E-state index contributed by atoms with van der Waals surface area (Å²) in [5.41, 5.74) is 28.1. The summed E-state index contributed by atoms with van der Waals surface area (Å²) < 4.78 is 0. The van der Waals surface area contributed by atoms with Gasteiger partial charge < -0.3 is 5.53 Å². The number of fused-ring (bicyclic) bond motifs is 6. The number of rotatable bonds is 4. The molecule has 8 rings (SSSR count). The van der Waals surface area contributed by atoms with Crippen LogP contribution in [0.2, 0.25) is 0 Å². The Morgan fingerprint density at radius 2 is 0.805 bits per heavy atom. The van der Waals surface area contributed by atoms with E-state index in [1.54, 1.807) is 0 Å². The predicted octanol–water partition coefficient (Wildman–Crippen LogP) is 9.23. The molecule has 2 heteroatoms. The first-order valence-corrected chi connectivity index (χ1v) is 14.1. The van der Waals surface area contributed by atoms with E-state index >= 15 is 0 Å². The molecule has 2 aliphatic rings. The van der Waals surface area contributed by atoms with Crippen molar-refractivity contribution in [3.63, 3.8) is 0 Å². The van der Waals surface area contributed by atoms with Crippen molar-refractivity contribution in [3.8, 4) is 44.5 Å². The average molecular weight is 523 g/mol.